The van der Waals surface area contributed by atoms with Crippen molar-refractivity contribution in [3.8, 4) is 0 Å². The zero-order chi connectivity index (χ0) is 17.3. The molecule has 6 nitrogen and oxygen atoms in total. The number of hydrogen-bond acceptors (Lipinski definition) is 6. The molecule has 1 heterocycles. The van der Waals surface area contributed by atoms with Gasteiger partial charge in [0.1, 0.15) is 24.4 Å². The number of rotatable bonds is 8. The molecule has 0 spiro atoms. The van der Waals surface area contributed by atoms with Crippen molar-refractivity contribution in [1.82, 2.24) is 0 Å². The van der Waals surface area contributed by atoms with E-state index in [-0.39, 0.29) is 33.1 Å². The average Bonchev–Trinajstić information content (AvgIpc) is 3.02. The molecule has 136 valence electrons. The molecule has 0 unspecified atom stereocenters. The fourth-order valence-electron chi connectivity index (χ4n) is 2.98. The summed E-state index contributed by atoms with van der Waals surface area (Å²) >= 11 is 7.30. The van der Waals surface area contributed by atoms with E-state index in [2.05, 4.69) is 38.8 Å². The first-order valence-electron chi connectivity index (χ1n) is 7.55. The van der Waals surface area contributed by atoms with Gasteiger partial charge in [-0.2, -0.15) is 0 Å². The van der Waals surface area contributed by atoms with Crippen LogP contribution in [0.4, 0.5) is 0 Å². The summed E-state index contributed by atoms with van der Waals surface area (Å²) in [6.07, 6.45) is -0.789. The van der Waals surface area contributed by atoms with Crippen LogP contribution in [-0.2, 0) is 28.4 Å². The normalized spacial score (nSPS) is 42.7. The highest BCUT2D eigenvalue weighted by molar-refractivity contribution is 9.25. The molecule has 8 heteroatoms. The van der Waals surface area contributed by atoms with Crippen LogP contribution in [-0.4, -0.2) is 75.6 Å². The van der Waals surface area contributed by atoms with Gasteiger partial charge in [0.15, 0.2) is 6.29 Å². The smallest absolute Gasteiger partial charge is 0.186 e. The van der Waals surface area contributed by atoms with E-state index in [4.69, 9.17) is 28.4 Å². The van der Waals surface area contributed by atoms with E-state index in [9.17, 15) is 0 Å². The summed E-state index contributed by atoms with van der Waals surface area (Å²) in [5.74, 6) is 0. The minimum Gasteiger partial charge on any atom is -0.382 e. The van der Waals surface area contributed by atoms with Crippen LogP contribution in [0.5, 0.6) is 0 Å². The third-order valence-corrected chi connectivity index (χ3v) is 7.15. The SMILES string of the molecule is COC[C@H]1O[C@H](OC[C@]2(C)CC2(Br)Br)[C@H](OC)[C@@H](OC)[C@@H]1OC. The molecule has 6 atom stereocenters. The Hall–Kier alpha value is 0.720. The molecular formula is C15H26Br2O6. The van der Waals surface area contributed by atoms with E-state index in [1.165, 1.54) is 0 Å². The highest BCUT2D eigenvalue weighted by Crippen LogP contribution is 2.66. The van der Waals surface area contributed by atoms with Gasteiger partial charge in [0.2, 0.25) is 0 Å². The lowest BCUT2D eigenvalue weighted by Crippen LogP contribution is -2.61. The van der Waals surface area contributed by atoms with Crippen molar-refractivity contribution in [1.29, 1.82) is 0 Å². The van der Waals surface area contributed by atoms with Crippen LogP contribution in [0.1, 0.15) is 13.3 Å². The second-order valence-corrected chi connectivity index (χ2v) is 10.1. The van der Waals surface area contributed by atoms with Gasteiger partial charge < -0.3 is 28.4 Å². The van der Waals surface area contributed by atoms with E-state index >= 15 is 0 Å². The van der Waals surface area contributed by atoms with Crippen LogP contribution in [0.15, 0.2) is 0 Å². The maximum atomic E-state index is 6.05. The Labute approximate surface area is 154 Å². The Balaban J connectivity index is 2.07. The van der Waals surface area contributed by atoms with Gasteiger partial charge >= 0.3 is 0 Å². The van der Waals surface area contributed by atoms with E-state index < -0.39 is 6.29 Å². The summed E-state index contributed by atoms with van der Waals surface area (Å²) in [6, 6.07) is 0. The van der Waals surface area contributed by atoms with Crippen molar-refractivity contribution in [2.24, 2.45) is 5.41 Å². The van der Waals surface area contributed by atoms with Crippen molar-refractivity contribution < 1.29 is 28.4 Å². The molecule has 1 aliphatic carbocycles. The molecule has 0 aromatic heterocycles. The Morgan fingerprint density at radius 2 is 1.57 bits per heavy atom. The van der Waals surface area contributed by atoms with Gasteiger partial charge in [0, 0.05) is 33.9 Å². The van der Waals surface area contributed by atoms with E-state index in [0.29, 0.717) is 13.2 Å². The predicted octanol–water partition coefficient (Wildman–Crippen LogP) is 2.32. The quantitative estimate of drug-likeness (QED) is 0.517. The third-order valence-electron chi connectivity index (χ3n) is 4.67. The third kappa shape index (κ3) is 4.11. The van der Waals surface area contributed by atoms with Crippen molar-refractivity contribution in [2.45, 2.75) is 47.3 Å². The van der Waals surface area contributed by atoms with Crippen LogP contribution in [0, 0.1) is 5.41 Å². The van der Waals surface area contributed by atoms with Crippen LogP contribution in [0.3, 0.4) is 0 Å². The monoisotopic (exact) mass is 460 g/mol. The molecule has 0 amide bonds. The summed E-state index contributed by atoms with van der Waals surface area (Å²) in [5.41, 5.74) is 0.0199. The van der Waals surface area contributed by atoms with Crippen LogP contribution in [0.25, 0.3) is 0 Å². The zero-order valence-corrected chi connectivity index (χ0v) is 17.4. The Morgan fingerprint density at radius 3 is 2.00 bits per heavy atom. The maximum absolute atomic E-state index is 6.05. The van der Waals surface area contributed by atoms with Gasteiger partial charge in [-0.15, -0.1) is 0 Å². The minimum atomic E-state index is -0.537. The van der Waals surface area contributed by atoms with Crippen molar-refractivity contribution in [3.63, 3.8) is 0 Å². The number of methoxy groups -OCH3 is 4. The minimum absolute atomic E-state index is 0.0199. The van der Waals surface area contributed by atoms with Crippen LogP contribution < -0.4 is 0 Å². The van der Waals surface area contributed by atoms with Gasteiger partial charge in [0.05, 0.1) is 16.4 Å². The van der Waals surface area contributed by atoms with Gasteiger partial charge in [-0.05, 0) is 6.42 Å². The average molecular weight is 462 g/mol. The van der Waals surface area contributed by atoms with Gasteiger partial charge in [-0.3, -0.25) is 0 Å². The molecule has 0 N–H and O–H groups in total. The summed E-state index contributed by atoms with van der Waals surface area (Å²) in [7, 11) is 6.52. The first-order valence-corrected chi connectivity index (χ1v) is 9.14. The Bertz CT molecular complexity index is 396. The van der Waals surface area contributed by atoms with Gasteiger partial charge in [-0.1, -0.05) is 38.8 Å². The second-order valence-electron chi connectivity index (χ2n) is 6.35. The first kappa shape index (κ1) is 20.0. The Morgan fingerprint density at radius 1 is 1.00 bits per heavy atom. The maximum Gasteiger partial charge on any atom is 0.186 e. The Kier molecular flexibility index (Phi) is 6.93. The van der Waals surface area contributed by atoms with Crippen LogP contribution in [0.2, 0.25) is 0 Å². The largest absolute Gasteiger partial charge is 0.382 e. The summed E-state index contributed by atoms with van der Waals surface area (Å²) in [4.78, 5) is 0. The summed E-state index contributed by atoms with van der Waals surface area (Å²) in [6.45, 7) is 3.09. The lowest BCUT2D eigenvalue weighted by Gasteiger charge is -2.44. The topological polar surface area (TPSA) is 55.4 Å². The molecule has 1 saturated heterocycles. The number of ether oxygens (including phenoxy) is 6. The van der Waals surface area contributed by atoms with Crippen molar-refractivity contribution >= 4 is 31.9 Å². The van der Waals surface area contributed by atoms with E-state index in [0.717, 1.165) is 6.42 Å². The lowest BCUT2D eigenvalue weighted by atomic mass is 9.98. The lowest BCUT2D eigenvalue weighted by molar-refractivity contribution is -0.315. The van der Waals surface area contributed by atoms with Crippen molar-refractivity contribution in [3.05, 3.63) is 0 Å². The predicted molar refractivity (Wildman–Crippen MR) is 92.2 cm³/mol. The highest BCUT2D eigenvalue weighted by Gasteiger charge is 2.62. The van der Waals surface area contributed by atoms with E-state index in [1.807, 2.05) is 0 Å². The zero-order valence-electron chi connectivity index (χ0n) is 14.2. The summed E-state index contributed by atoms with van der Waals surface area (Å²) < 4.78 is 34.0. The van der Waals surface area contributed by atoms with Gasteiger partial charge in [-0.25, -0.2) is 0 Å². The van der Waals surface area contributed by atoms with Crippen molar-refractivity contribution in [2.75, 3.05) is 41.7 Å². The standard InChI is InChI=1S/C15H26Br2O6/c1-14(7-15(14,16)17)8-22-13-12(21-5)11(20-4)10(19-3)9(23-13)6-18-2/h9-13H,6-8H2,1-5H3/t9-,10-,11+,12-,13+,14+/m1/s1. The molecule has 0 aromatic carbocycles. The summed E-state index contributed by atoms with van der Waals surface area (Å²) in [5, 5.41) is 0. The molecule has 2 aliphatic rings. The fourth-order valence-corrected chi connectivity index (χ4v) is 4.45. The molecule has 0 radical (unpaired) electrons. The van der Waals surface area contributed by atoms with Crippen LogP contribution >= 0.6 is 31.9 Å². The van der Waals surface area contributed by atoms with Gasteiger partial charge in [0.25, 0.3) is 0 Å². The number of hydrogen-bond donors (Lipinski definition) is 0. The molecule has 2 fully saturated rings. The molecule has 23 heavy (non-hydrogen) atoms. The second kappa shape index (κ2) is 7.95. The first-order chi connectivity index (χ1) is 10.8. The fraction of sp³-hybridized carbons (Fsp3) is 1.00. The number of alkyl halides is 2. The number of halogens is 2. The molecule has 0 aromatic rings. The molecule has 2 rings (SSSR count). The highest BCUT2D eigenvalue weighted by atomic mass is 79.9. The molecule has 1 saturated carbocycles. The van der Waals surface area contributed by atoms with E-state index in [1.54, 1.807) is 28.4 Å². The molecule has 1 aliphatic heterocycles. The molecular weight excluding hydrogens is 436 g/mol. The molecule has 0 bridgehead atoms.